The fourth-order valence-corrected chi connectivity index (χ4v) is 2.59. The molecule has 0 amide bonds. The Kier molecular flexibility index (Phi) is 3.30. The standard InChI is InChI=1S/C16H14N6O/c23-12(11-22-16-8-4-2-6-14(16)18-20-22)9-10-21-15-7-3-1-5-13(15)17-19-21/h1-8H,9-11H2. The normalized spacial score (nSPS) is 11.3. The molecule has 0 aliphatic rings. The Balaban J connectivity index is 1.46. The number of aromatic nitrogens is 6. The highest BCUT2D eigenvalue weighted by Gasteiger charge is 2.10. The van der Waals surface area contributed by atoms with E-state index in [9.17, 15) is 4.79 Å². The predicted molar refractivity (Wildman–Crippen MR) is 84.7 cm³/mol. The number of benzene rings is 2. The zero-order chi connectivity index (χ0) is 15.6. The summed E-state index contributed by atoms with van der Waals surface area (Å²) in [6, 6.07) is 15.3. The lowest BCUT2D eigenvalue weighted by molar-refractivity contribution is -0.120. The summed E-state index contributed by atoms with van der Waals surface area (Å²) in [7, 11) is 0. The molecule has 0 unspecified atom stereocenters. The minimum absolute atomic E-state index is 0.0836. The molecule has 0 aliphatic heterocycles. The number of Topliss-reactive ketones (excluding diaryl/α,β-unsaturated/α-hetero) is 1. The molecule has 0 saturated carbocycles. The summed E-state index contributed by atoms with van der Waals surface area (Å²) in [5.41, 5.74) is 3.43. The van der Waals surface area contributed by atoms with E-state index in [4.69, 9.17) is 0 Å². The summed E-state index contributed by atoms with van der Waals surface area (Å²) in [4.78, 5) is 12.2. The number of fused-ring (bicyclic) bond motifs is 2. The summed E-state index contributed by atoms with van der Waals surface area (Å²) in [6.07, 6.45) is 0.377. The van der Waals surface area contributed by atoms with Crippen LogP contribution < -0.4 is 0 Å². The van der Waals surface area contributed by atoms with E-state index in [1.165, 1.54) is 0 Å². The van der Waals surface area contributed by atoms with Crippen LogP contribution in [0.3, 0.4) is 0 Å². The molecule has 2 heterocycles. The van der Waals surface area contributed by atoms with Crippen LogP contribution in [0, 0.1) is 0 Å². The monoisotopic (exact) mass is 306 g/mol. The SMILES string of the molecule is O=C(CCn1nnc2ccccc21)Cn1nnc2ccccc21. The quantitative estimate of drug-likeness (QED) is 0.562. The summed E-state index contributed by atoms with van der Waals surface area (Å²) in [5.74, 6) is 0.0836. The molecule has 4 rings (SSSR count). The second-order valence-corrected chi connectivity index (χ2v) is 5.33. The molecule has 0 bridgehead atoms. The maximum absolute atomic E-state index is 12.2. The van der Waals surface area contributed by atoms with Crippen molar-refractivity contribution in [1.29, 1.82) is 0 Å². The van der Waals surface area contributed by atoms with Gasteiger partial charge >= 0.3 is 0 Å². The van der Waals surface area contributed by atoms with Crippen molar-refractivity contribution in [2.45, 2.75) is 19.5 Å². The van der Waals surface area contributed by atoms with E-state index in [1.807, 2.05) is 48.5 Å². The van der Waals surface area contributed by atoms with Crippen LogP contribution in [0.1, 0.15) is 6.42 Å². The summed E-state index contributed by atoms with van der Waals surface area (Å²) in [6.45, 7) is 0.721. The minimum Gasteiger partial charge on any atom is -0.298 e. The third kappa shape index (κ3) is 2.57. The molecule has 2 aromatic heterocycles. The van der Waals surface area contributed by atoms with Crippen LogP contribution in [0.15, 0.2) is 48.5 Å². The second kappa shape index (κ2) is 5.60. The zero-order valence-corrected chi connectivity index (χ0v) is 12.3. The van der Waals surface area contributed by atoms with Crippen molar-refractivity contribution in [1.82, 2.24) is 30.0 Å². The first-order chi connectivity index (χ1) is 11.3. The van der Waals surface area contributed by atoms with Gasteiger partial charge in [0, 0.05) is 6.42 Å². The van der Waals surface area contributed by atoms with Gasteiger partial charge in [0.2, 0.25) is 0 Å². The second-order valence-electron chi connectivity index (χ2n) is 5.33. The zero-order valence-electron chi connectivity index (χ0n) is 12.3. The molecular formula is C16H14N6O. The van der Waals surface area contributed by atoms with Gasteiger partial charge in [-0.25, -0.2) is 9.36 Å². The Hall–Kier alpha value is -3.09. The topological polar surface area (TPSA) is 78.5 Å². The van der Waals surface area contributed by atoms with Crippen LogP contribution in [-0.2, 0) is 17.9 Å². The number of hydrogen-bond donors (Lipinski definition) is 0. The number of aryl methyl sites for hydroxylation is 1. The molecule has 7 heteroatoms. The first kappa shape index (κ1) is 13.6. The maximum atomic E-state index is 12.2. The number of carbonyl (C=O) groups excluding carboxylic acids is 1. The molecule has 0 aliphatic carbocycles. The van der Waals surface area contributed by atoms with Gasteiger partial charge in [-0.2, -0.15) is 0 Å². The van der Waals surface area contributed by atoms with Crippen molar-refractivity contribution >= 4 is 27.9 Å². The fourth-order valence-electron chi connectivity index (χ4n) is 2.59. The van der Waals surface area contributed by atoms with Crippen molar-refractivity contribution in [3.05, 3.63) is 48.5 Å². The van der Waals surface area contributed by atoms with Gasteiger partial charge in [0.1, 0.15) is 17.6 Å². The smallest absolute Gasteiger partial charge is 0.156 e. The van der Waals surface area contributed by atoms with E-state index in [-0.39, 0.29) is 12.3 Å². The third-order valence-electron chi connectivity index (χ3n) is 3.77. The summed E-state index contributed by atoms with van der Waals surface area (Å²) < 4.78 is 3.39. The number of ketones is 1. The minimum atomic E-state index is 0.0836. The van der Waals surface area contributed by atoms with Crippen LogP contribution in [0.4, 0.5) is 0 Å². The first-order valence-electron chi connectivity index (χ1n) is 7.39. The van der Waals surface area contributed by atoms with E-state index in [0.29, 0.717) is 13.0 Å². The molecule has 2 aromatic carbocycles. The van der Waals surface area contributed by atoms with Crippen LogP contribution in [0.25, 0.3) is 22.1 Å². The first-order valence-corrected chi connectivity index (χ1v) is 7.39. The highest BCUT2D eigenvalue weighted by molar-refractivity contribution is 5.81. The lowest BCUT2D eigenvalue weighted by atomic mass is 10.2. The Morgan fingerprint density at radius 3 is 2.09 bits per heavy atom. The molecular weight excluding hydrogens is 292 g/mol. The Morgan fingerprint density at radius 1 is 0.826 bits per heavy atom. The Morgan fingerprint density at radius 2 is 1.39 bits per heavy atom. The predicted octanol–water partition coefficient (Wildman–Crippen LogP) is 1.84. The highest BCUT2D eigenvalue weighted by Crippen LogP contribution is 2.12. The van der Waals surface area contributed by atoms with E-state index >= 15 is 0 Å². The largest absolute Gasteiger partial charge is 0.298 e. The van der Waals surface area contributed by atoms with Gasteiger partial charge in [-0.1, -0.05) is 34.7 Å². The summed E-state index contributed by atoms with van der Waals surface area (Å²) >= 11 is 0. The molecule has 0 spiro atoms. The Bertz CT molecular complexity index is 986. The number of carbonyl (C=O) groups is 1. The molecule has 7 nitrogen and oxygen atoms in total. The van der Waals surface area contributed by atoms with Gasteiger partial charge in [0.05, 0.1) is 17.6 Å². The molecule has 4 aromatic rings. The fraction of sp³-hybridized carbons (Fsp3) is 0.188. The number of nitrogens with zero attached hydrogens (tertiary/aromatic N) is 6. The van der Waals surface area contributed by atoms with Gasteiger partial charge in [-0.05, 0) is 24.3 Å². The van der Waals surface area contributed by atoms with Gasteiger partial charge < -0.3 is 0 Å². The van der Waals surface area contributed by atoms with E-state index < -0.39 is 0 Å². The molecule has 0 saturated heterocycles. The van der Waals surface area contributed by atoms with Gasteiger partial charge in [0.25, 0.3) is 0 Å². The highest BCUT2D eigenvalue weighted by atomic mass is 16.1. The number of hydrogen-bond acceptors (Lipinski definition) is 5. The van der Waals surface area contributed by atoms with Crippen LogP contribution in [0.5, 0.6) is 0 Å². The van der Waals surface area contributed by atoms with Gasteiger partial charge in [0.15, 0.2) is 5.78 Å². The third-order valence-corrected chi connectivity index (χ3v) is 3.77. The van der Waals surface area contributed by atoms with Crippen LogP contribution >= 0.6 is 0 Å². The van der Waals surface area contributed by atoms with Crippen molar-refractivity contribution in [2.24, 2.45) is 0 Å². The average Bonchev–Trinajstić information content (AvgIpc) is 3.18. The van der Waals surface area contributed by atoms with E-state index in [0.717, 1.165) is 22.1 Å². The lowest BCUT2D eigenvalue weighted by Gasteiger charge is -2.03. The molecule has 0 N–H and O–H groups in total. The molecule has 23 heavy (non-hydrogen) atoms. The van der Waals surface area contributed by atoms with Crippen LogP contribution in [-0.4, -0.2) is 35.8 Å². The maximum Gasteiger partial charge on any atom is 0.156 e. The van der Waals surface area contributed by atoms with E-state index in [1.54, 1.807) is 9.36 Å². The van der Waals surface area contributed by atoms with Gasteiger partial charge in [-0.3, -0.25) is 4.79 Å². The average molecular weight is 306 g/mol. The number of para-hydroxylation sites is 2. The van der Waals surface area contributed by atoms with Gasteiger partial charge in [-0.15, -0.1) is 10.2 Å². The molecule has 114 valence electrons. The van der Waals surface area contributed by atoms with Crippen LogP contribution in [0.2, 0.25) is 0 Å². The summed E-state index contributed by atoms with van der Waals surface area (Å²) in [5, 5.41) is 16.3. The van der Waals surface area contributed by atoms with Crippen molar-refractivity contribution in [3.63, 3.8) is 0 Å². The molecule has 0 atom stereocenters. The van der Waals surface area contributed by atoms with Crippen molar-refractivity contribution in [3.8, 4) is 0 Å². The van der Waals surface area contributed by atoms with E-state index in [2.05, 4.69) is 20.6 Å². The lowest BCUT2D eigenvalue weighted by Crippen LogP contribution is -2.14. The van der Waals surface area contributed by atoms with Crippen molar-refractivity contribution < 1.29 is 4.79 Å². The molecule has 0 radical (unpaired) electrons. The molecule has 0 fully saturated rings. The number of rotatable bonds is 5. The Labute approximate surface area is 131 Å². The van der Waals surface area contributed by atoms with Crippen molar-refractivity contribution in [2.75, 3.05) is 0 Å².